The molecule has 0 radical (unpaired) electrons. The van der Waals surface area contributed by atoms with E-state index in [0.717, 1.165) is 11.4 Å². The predicted molar refractivity (Wildman–Crippen MR) is 56.5 cm³/mol. The number of anilines is 1. The Balaban J connectivity index is 2.73. The van der Waals surface area contributed by atoms with Crippen molar-refractivity contribution in [2.45, 2.75) is 26.8 Å². The van der Waals surface area contributed by atoms with E-state index in [1.54, 1.807) is 14.0 Å². The first kappa shape index (κ1) is 11.4. The highest BCUT2D eigenvalue weighted by molar-refractivity contribution is 5.83. The number of carbonyl (C=O) groups excluding carboxylic acids is 1. The van der Waals surface area contributed by atoms with E-state index in [0.29, 0.717) is 5.95 Å². The molecule has 1 amide bonds. The molecule has 1 heterocycles. The molecule has 15 heavy (non-hydrogen) atoms. The predicted octanol–water partition coefficient (Wildman–Crippen LogP) is 0.0348. The van der Waals surface area contributed by atoms with Crippen molar-refractivity contribution in [1.82, 2.24) is 20.5 Å². The molecule has 0 fully saturated rings. The number of rotatable bonds is 3. The third kappa shape index (κ3) is 2.87. The van der Waals surface area contributed by atoms with Crippen LogP contribution in [0, 0.1) is 13.8 Å². The number of hydrogen-bond acceptors (Lipinski definition) is 5. The first-order valence-corrected chi connectivity index (χ1v) is 4.70. The normalized spacial score (nSPS) is 12.0. The van der Waals surface area contributed by atoms with Gasteiger partial charge in [-0.1, -0.05) is 0 Å². The third-order valence-electron chi connectivity index (χ3n) is 2.08. The molecule has 2 N–H and O–H groups in total. The van der Waals surface area contributed by atoms with Crippen molar-refractivity contribution in [1.29, 1.82) is 0 Å². The molecular weight excluding hydrogens is 194 g/mol. The average molecular weight is 209 g/mol. The number of likely N-dealkylation sites (N-methyl/N-ethyl adjacent to an activating group) is 1. The summed E-state index contributed by atoms with van der Waals surface area (Å²) in [5.74, 6) is 0.256. The van der Waals surface area contributed by atoms with Crippen LogP contribution in [0.5, 0.6) is 0 Å². The van der Waals surface area contributed by atoms with Crippen molar-refractivity contribution in [2.75, 3.05) is 12.4 Å². The molecular formula is C9H15N5O. The number of aryl methyl sites for hydroxylation is 2. The minimum atomic E-state index is -0.376. The van der Waals surface area contributed by atoms with Crippen molar-refractivity contribution in [3.05, 3.63) is 11.4 Å². The fourth-order valence-corrected chi connectivity index (χ4v) is 0.994. The molecule has 1 aromatic rings. The monoisotopic (exact) mass is 209 g/mol. The van der Waals surface area contributed by atoms with E-state index < -0.39 is 0 Å². The van der Waals surface area contributed by atoms with E-state index in [-0.39, 0.29) is 11.9 Å². The number of aromatic nitrogens is 3. The Kier molecular flexibility index (Phi) is 3.54. The van der Waals surface area contributed by atoms with Gasteiger partial charge in [0.05, 0.1) is 11.4 Å². The van der Waals surface area contributed by atoms with Crippen LogP contribution in [-0.4, -0.2) is 34.2 Å². The molecule has 0 aliphatic rings. The van der Waals surface area contributed by atoms with Crippen molar-refractivity contribution in [2.24, 2.45) is 0 Å². The maximum absolute atomic E-state index is 11.2. The summed E-state index contributed by atoms with van der Waals surface area (Å²) < 4.78 is 0. The third-order valence-corrected chi connectivity index (χ3v) is 2.08. The molecule has 0 spiro atoms. The molecule has 6 nitrogen and oxygen atoms in total. The van der Waals surface area contributed by atoms with Gasteiger partial charge >= 0.3 is 0 Å². The first-order chi connectivity index (χ1) is 7.04. The van der Waals surface area contributed by atoms with Crippen molar-refractivity contribution < 1.29 is 4.79 Å². The van der Waals surface area contributed by atoms with Crippen molar-refractivity contribution in [3.63, 3.8) is 0 Å². The van der Waals surface area contributed by atoms with Gasteiger partial charge in [0, 0.05) is 7.05 Å². The minimum absolute atomic E-state index is 0.114. The van der Waals surface area contributed by atoms with Gasteiger partial charge in [0.2, 0.25) is 11.9 Å². The van der Waals surface area contributed by atoms with E-state index in [1.165, 1.54) is 0 Å². The molecule has 1 rings (SSSR count). The second-order valence-corrected chi connectivity index (χ2v) is 3.29. The fourth-order valence-electron chi connectivity index (χ4n) is 0.994. The molecule has 0 aliphatic carbocycles. The van der Waals surface area contributed by atoms with Gasteiger partial charge in [0.25, 0.3) is 0 Å². The Bertz CT molecular complexity index is 366. The SMILES string of the molecule is CNC(=O)C(C)Nc1nnc(C)c(C)n1. The van der Waals surface area contributed by atoms with Gasteiger partial charge in [-0.3, -0.25) is 4.79 Å². The van der Waals surface area contributed by atoms with Gasteiger partial charge < -0.3 is 10.6 Å². The van der Waals surface area contributed by atoms with Gasteiger partial charge in [-0.25, -0.2) is 4.98 Å². The topological polar surface area (TPSA) is 79.8 Å². The van der Waals surface area contributed by atoms with Crippen LogP contribution in [0.3, 0.4) is 0 Å². The van der Waals surface area contributed by atoms with Crippen LogP contribution in [-0.2, 0) is 4.79 Å². The van der Waals surface area contributed by atoms with Gasteiger partial charge in [0.15, 0.2) is 0 Å². The summed E-state index contributed by atoms with van der Waals surface area (Å²) in [5.41, 5.74) is 1.59. The molecule has 0 aliphatic heterocycles. The Morgan fingerprint density at radius 1 is 1.27 bits per heavy atom. The molecule has 1 atom stereocenters. The summed E-state index contributed by atoms with van der Waals surface area (Å²) >= 11 is 0. The van der Waals surface area contributed by atoms with E-state index in [2.05, 4.69) is 25.8 Å². The van der Waals surface area contributed by atoms with Crippen LogP contribution in [0.15, 0.2) is 0 Å². The standard InChI is InChI=1S/C9H15N5O/c1-5-6(2)13-14-9(11-5)12-7(3)8(15)10-4/h7H,1-4H3,(H,10,15)(H,11,12,14). The zero-order valence-corrected chi connectivity index (χ0v) is 9.33. The van der Waals surface area contributed by atoms with Gasteiger partial charge in [-0.15, -0.1) is 5.10 Å². The summed E-state index contributed by atoms with van der Waals surface area (Å²) in [6.45, 7) is 5.42. The maximum atomic E-state index is 11.2. The summed E-state index contributed by atoms with van der Waals surface area (Å²) in [5, 5.41) is 13.2. The molecule has 0 saturated heterocycles. The van der Waals surface area contributed by atoms with Crippen molar-refractivity contribution >= 4 is 11.9 Å². The Hall–Kier alpha value is -1.72. The zero-order valence-electron chi connectivity index (χ0n) is 9.33. The number of amides is 1. The lowest BCUT2D eigenvalue weighted by Crippen LogP contribution is -2.35. The summed E-state index contributed by atoms with van der Waals surface area (Å²) in [6.07, 6.45) is 0. The highest BCUT2D eigenvalue weighted by Crippen LogP contribution is 2.03. The van der Waals surface area contributed by atoms with E-state index in [1.807, 2.05) is 13.8 Å². The second kappa shape index (κ2) is 4.68. The zero-order chi connectivity index (χ0) is 11.4. The van der Waals surface area contributed by atoms with Gasteiger partial charge in [-0.05, 0) is 20.8 Å². The number of nitrogens with one attached hydrogen (secondary N) is 2. The highest BCUT2D eigenvalue weighted by atomic mass is 16.2. The smallest absolute Gasteiger partial charge is 0.243 e. The number of carbonyl (C=O) groups is 1. The van der Waals surface area contributed by atoms with Crippen LogP contribution < -0.4 is 10.6 Å². The lowest BCUT2D eigenvalue weighted by Gasteiger charge is -2.11. The fraction of sp³-hybridized carbons (Fsp3) is 0.556. The van der Waals surface area contributed by atoms with Crippen LogP contribution in [0.4, 0.5) is 5.95 Å². The first-order valence-electron chi connectivity index (χ1n) is 4.70. The van der Waals surface area contributed by atoms with Gasteiger partial charge in [0.1, 0.15) is 6.04 Å². The van der Waals surface area contributed by atoms with E-state index in [4.69, 9.17) is 0 Å². The van der Waals surface area contributed by atoms with Crippen LogP contribution in [0.2, 0.25) is 0 Å². The molecule has 0 aromatic carbocycles. The Labute approximate surface area is 88.5 Å². The largest absolute Gasteiger partial charge is 0.357 e. The lowest BCUT2D eigenvalue weighted by molar-refractivity contribution is -0.121. The Morgan fingerprint density at radius 3 is 2.47 bits per heavy atom. The summed E-state index contributed by atoms with van der Waals surface area (Å²) in [6, 6.07) is -0.376. The second-order valence-electron chi connectivity index (χ2n) is 3.29. The number of hydrogen-bond donors (Lipinski definition) is 2. The molecule has 1 unspecified atom stereocenters. The van der Waals surface area contributed by atoms with E-state index >= 15 is 0 Å². The maximum Gasteiger partial charge on any atom is 0.243 e. The summed E-state index contributed by atoms with van der Waals surface area (Å²) in [7, 11) is 1.58. The minimum Gasteiger partial charge on any atom is -0.357 e. The highest BCUT2D eigenvalue weighted by Gasteiger charge is 2.12. The molecule has 1 aromatic heterocycles. The average Bonchev–Trinajstić information content (AvgIpc) is 2.22. The van der Waals surface area contributed by atoms with Crippen molar-refractivity contribution in [3.8, 4) is 0 Å². The van der Waals surface area contributed by atoms with E-state index in [9.17, 15) is 4.79 Å². The van der Waals surface area contributed by atoms with Crippen LogP contribution in [0.1, 0.15) is 18.3 Å². The molecule has 6 heteroatoms. The van der Waals surface area contributed by atoms with Crippen LogP contribution >= 0.6 is 0 Å². The quantitative estimate of drug-likeness (QED) is 0.734. The molecule has 0 bridgehead atoms. The summed E-state index contributed by atoms with van der Waals surface area (Å²) in [4.78, 5) is 15.4. The van der Waals surface area contributed by atoms with Crippen LogP contribution in [0.25, 0.3) is 0 Å². The molecule has 0 saturated carbocycles. The Morgan fingerprint density at radius 2 is 1.93 bits per heavy atom. The number of nitrogens with zero attached hydrogens (tertiary/aromatic N) is 3. The van der Waals surface area contributed by atoms with Gasteiger partial charge in [-0.2, -0.15) is 5.10 Å². The molecule has 82 valence electrons. The lowest BCUT2D eigenvalue weighted by atomic mass is 10.3.